The smallest absolute Gasteiger partial charge is 0.264 e. The zero-order chi connectivity index (χ0) is 22.4. The SMILES string of the molecule is Cc1cc(/C=C(\C#N)C(=O)N(C)CCCN2CCN(C)CC2)c(C)n1C1CCCCC1. The van der Waals surface area contributed by atoms with Crippen LogP contribution >= 0.6 is 0 Å². The summed E-state index contributed by atoms with van der Waals surface area (Å²) in [5, 5.41) is 9.69. The summed E-state index contributed by atoms with van der Waals surface area (Å²) in [6, 6.07) is 4.83. The largest absolute Gasteiger partial charge is 0.346 e. The summed E-state index contributed by atoms with van der Waals surface area (Å²) in [6.07, 6.45) is 9.07. The van der Waals surface area contributed by atoms with Gasteiger partial charge in [-0.25, -0.2) is 0 Å². The number of aromatic nitrogens is 1. The Labute approximate surface area is 188 Å². The first kappa shape index (κ1) is 23.6. The highest BCUT2D eigenvalue weighted by Crippen LogP contribution is 2.32. The van der Waals surface area contributed by atoms with Crippen molar-refractivity contribution in [1.82, 2.24) is 19.3 Å². The van der Waals surface area contributed by atoms with Gasteiger partial charge in [-0.05, 0) is 64.4 Å². The lowest BCUT2D eigenvalue weighted by Gasteiger charge is -2.32. The average Bonchev–Trinajstić information content (AvgIpc) is 3.06. The van der Waals surface area contributed by atoms with E-state index in [2.05, 4.69) is 47.4 Å². The van der Waals surface area contributed by atoms with Gasteiger partial charge in [-0.3, -0.25) is 4.79 Å². The van der Waals surface area contributed by atoms with Gasteiger partial charge in [0.1, 0.15) is 11.6 Å². The number of hydrogen-bond acceptors (Lipinski definition) is 4. The summed E-state index contributed by atoms with van der Waals surface area (Å²) >= 11 is 0. The quantitative estimate of drug-likeness (QED) is 0.495. The molecule has 0 unspecified atom stereocenters. The monoisotopic (exact) mass is 425 g/mol. The molecule has 0 aromatic carbocycles. The molecule has 170 valence electrons. The van der Waals surface area contributed by atoms with Gasteiger partial charge in [0.05, 0.1) is 0 Å². The topological polar surface area (TPSA) is 55.5 Å². The summed E-state index contributed by atoms with van der Waals surface area (Å²) in [7, 11) is 3.97. The van der Waals surface area contributed by atoms with E-state index in [4.69, 9.17) is 0 Å². The molecular formula is C25H39N5O. The maximum atomic E-state index is 12.9. The van der Waals surface area contributed by atoms with Gasteiger partial charge in [0.2, 0.25) is 0 Å². The maximum absolute atomic E-state index is 12.9. The summed E-state index contributed by atoms with van der Waals surface area (Å²) < 4.78 is 2.42. The van der Waals surface area contributed by atoms with Crippen molar-refractivity contribution in [2.45, 2.75) is 58.4 Å². The van der Waals surface area contributed by atoms with Crippen LogP contribution in [0.3, 0.4) is 0 Å². The predicted octanol–water partition coefficient (Wildman–Crippen LogP) is 3.61. The molecule has 6 heteroatoms. The molecule has 1 saturated heterocycles. The number of rotatable bonds is 7. The minimum Gasteiger partial charge on any atom is -0.346 e. The van der Waals surface area contributed by atoms with E-state index in [-0.39, 0.29) is 11.5 Å². The Hall–Kier alpha value is -2.10. The first-order chi connectivity index (χ1) is 14.9. The molecule has 2 fully saturated rings. The molecule has 0 N–H and O–H groups in total. The number of likely N-dealkylation sites (N-methyl/N-ethyl adjacent to an activating group) is 2. The second-order valence-corrected chi connectivity index (χ2v) is 9.38. The Bertz CT molecular complexity index is 820. The fourth-order valence-corrected chi connectivity index (χ4v) is 5.06. The van der Waals surface area contributed by atoms with Crippen LogP contribution in [0, 0.1) is 25.2 Å². The molecule has 2 aliphatic rings. The Kier molecular flexibility index (Phi) is 8.34. The van der Waals surface area contributed by atoms with Gasteiger partial charge in [0.15, 0.2) is 0 Å². The normalized spacial score (nSPS) is 19.4. The third-order valence-electron chi connectivity index (χ3n) is 7.02. The molecule has 0 radical (unpaired) electrons. The van der Waals surface area contributed by atoms with Crippen molar-refractivity contribution in [3.05, 3.63) is 28.6 Å². The van der Waals surface area contributed by atoms with Crippen molar-refractivity contribution in [3.63, 3.8) is 0 Å². The zero-order valence-corrected chi connectivity index (χ0v) is 19.9. The van der Waals surface area contributed by atoms with Crippen LogP contribution < -0.4 is 0 Å². The maximum Gasteiger partial charge on any atom is 0.264 e. The lowest BCUT2D eigenvalue weighted by Crippen LogP contribution is -2.45. The van der Waals surface area contributed by atoms with Crippen LogP contribution in [0.25, 0.3) is 6.08 Å². The number of nitrogens with zero attached hydrogens (tertiary/aromatic N) is 5. The van der Waals surface area contributed by atoms with Crippen molar-refractivity contribution >= 4 is 12.0 Å². The number of carbonyl (C=O) groups is 1. The molecule has 1 amide bonds. The van der Waals surface area contributed by atoms with E-state index in [9.17, 15) is 10.1 Å². The molecule has 0 spiro atoms. The second kappa shape index (κ2) is 11.0. The lowest BCUT2D eigenvalue weighted by molar-refractivity contribution is -0.125. The van der Waals surface area contributed by atoms with Gasteiger partial charge in [-0.1, -0.05) is 19.3 Å². The van der Waals surface area contributed by atoms with E-state index < -0.39 is 0 Å². The van der Waals surface area contributed by atoms with E-state index in [1.807, 2.05) is 7.05 Å². The first-order valence-corrected chi connectivity index (χ1v) is 11.9. The molecule has 1 aliphatic heterocycles. The molecule has 1 aromatic rings. The molecule has 1 aromatic heterocycles. The van der Waals surface area contributed by atoms with Crippen LogP contribution in [0.4, 0.5) is 0 Å². The number of nitriles is 1. The Morgan fingerprint density at radius 1 is 1.19 bits per heavy atom. The molecule has 0 atom stereocenters. The first-order valence-electron chi connectivity index (χ1n) is 11.9. The molecule has 1 saturated carbocycles. The summed E-state index contributed by atoms with van der Waals surface area (Å²) in [6.45, 7) is 10.3. The van der Waals surface area contributed by atoms with Crippen LogP contribution in [0.1, 0.15) is 61.5 Å². The van der Waals surface area contributed by atoms with Gasteiger partial charge in [0, 0.05) is 57.2 Å². The minimum absolute atomic E-state index is 0.177. The highest BCUT2D eigenvalue weighted by atomic mass is 16.2. The van der Waals surface area contributed by atoms with Crippen molar-refractivity contribution < 1.29 is 4.79 Å². The highest BCUT2D eigenvalue weighted by Gasteiger charge is 2.21. The number of piperazine rings is 1. The number of hydrogen-bond donors (Lipinski definition) is 0. The molecule has 2 heterocycles. The van der Waals surface area contributed by atoms with Gasteiger partial charge in [0.25, 0.3) is 5.91 Å². The van der Waals surface area contributed by atoms with Crippen LogP contribution in [0.2, 0.25) is 0 Å². The fourth-order valence-electron chi connectivity index (χ4n) is 5.06. The summed E-state index contributed by atoms with van der Waals surface area (Å²) in [5.74, 6) is -0.177. The van der Waals surface area contributed by atoms with E-state index in [1.165, 1.54) is 43.5 Å². The standard InChI is InChI=1S/C25H39N5O/c1-20-17-22(21(2)30(20)24-9-6-5-7-10-24)18-23(19-26)25(31)28(4)11-8-12-29-15-13-27(3)14-16-29/h17-18,24H,5-16H2,1-4H3/b23-18+. The molecule has 3 rings (SSSR count). The lowest BCUT2D eigenvalue weighted by atomic mass is 9.95. The molecule has 31 heavy (non-hydrogen) atoms. The van der Waals surface area contributed by atoms with Crippen LogP contribution in [0.5, 0.6) is 0 Å². The van der Waals surface area contributed by atoms with Crippen molar-refractivity contribution in [3.8, 4) is 6.07 Å². The van der Waals surface area contributed by atoms with Gasteiger partial charge >= 0.3 is 0 Å². The van der Waals surface area contributed by atoms with Crippen LogP contribution in [-0.4, -0.2) is 78.5 Å². The van der Waals surface area contributed by atoms with E-state index >= 15 is 0 Å². The molecular weight excluding hydrogens is 386 g/mol. The van der Waals surface area contributed by atoms with Crippen molar-refractivity contribution in [1.29, 1.82) is 5.26 Å². The Morgan fingerprint density at radius 2 is 1.87 bits per heavy atom. The molecule has 1 aliphatic carbocycles. The third kappa shape index (κ3) is 5.99. The average molecular weight is 426 g/mol. The molecule has 6 nitrogen and oxygen atoms in total. The van der Waals surface area contributed by atoms with E-state index in [1.54, 1.807) is 11.0 Å². The van der Waals surface area contributed by atoms with Crippen LogP contribution in [0.15, 0.2) is 11.6 Å². The number of carbonyl (C=O) groups excluding carboxylic acids is 1. The summed E-state index contributed by atoms with van der Waals surface area (Å²) in [5.41, 5.74) is 3.62. The van der Waals surface area contributed by atoms with E-state index in [0.717, 1.165) is 44.7 Å². The second-order valence-electron chi connectivity index (χ2n) is 9.38. The van der Waals surface area contributed by atoms with Gasteiger partial charge in [-0.2, -0.15) is 5.26 Å². The summed E-state index contributed by atoms with van der Waals surface area (Å²) in [4.78, 5) is 19.4. The highest BCUT2D eigenvalue weighted by molar-refractivity contribution is 6.01. The minimum atomic E-state index is -0.177. The predicted molar refractivity (Wildman–Crippen MR) is 126 cm³/mol. The van der Waals surface area contributed by atoms with Gasteiger partial charge in [-0.15, -0.1) is 0 Å². The van der Waals surface area contributed by atoms with E-state index in [0.29, 0.717) is 12.6 Å². The van der Waals surface area contributed by atoms with Crippen LogP contribution in [-0.2, 0) is 4.79 Å². The fraction of sp³-hybridized carbons (Fsp3) is 0.680. The zero-order valence-electron chi connectivity index (χ0n) is 19.9. The number of aryl methyl sites for hydroxylation is 1. The Balaban J connectivity index is 1.61. The number of amides is 1. The van der Waals surface area contributed by atoms with Gasteiger partial charge < -0.3 is 19.3 Å². The molecule has 0 bridgehead atoms. The third-order valence-corrected chi connectivity index (χ3v) is 7.02. The van der Waals surface area contributed by atoms with Crippen molar-refractivity contribution in [2.75, 3.05) is 53.4 Å². The Morgan fingerprint density at radius 3 is 2.52 bits per heavy atom. The van der Waals surface area contributed by atoms with Crippen molar-refractivity contribution in [2.24, 2.45) is 0 Å².